The second-order valence-electron chi connectivity index (χ2n) is 0. The molecule has 5 heteroatoms. The Balaban J connectivity index is -0.0000000133. The highest BCUT2D eigenvalue weighted by Crippen LogP contribution is 1.29. The van der Waals surface area contributed by atoms with Crippen molar-refractivity contribution in [1.82, 2.24) is 0 Å². The zero-order valence-corrected chi connectivity index (χ0v) is 6.27. The molecule has 0 bridgehead atoms. The number of hydrogen-bond acceptors (Lipinski definition) is 2. The van der Waals surface area contributed by atoms with Crippen LogP contribution in [-0.2, 0) is 0 Å². The van der Waals surface area contributed by atoms with Crippen molar-refractivity contribution in [3.05, 3.63) is 4.91 Å². The molecular formula is H5Cl2NOSi. The third-order valence-corrected chi connectivity index (χ3v) is 0. The highest BCUT2D eigenvalue weighted by Gasteiger charge is 0.975. The van der Waals surface area contributed by atoms with Gasteiger partial charge >= 0.3 is 0 Å². The van der Waals surface area contributed by atoms with Gasteiger partial charge in [0, 0.05) is 0 Å². The summed E-state index contributed by atoms with van der Waals surface area (Å²) in [6.07, 6.45) is 0. The standard InChI is InChI=1S/ClH3Si.ClH.HNO/c1-2;;1-2/h2H3;1H;1H. The van der Waals surface area contributed by atoms with E-state index < -0.39 is 0 Å². The highest BCUT2D eigenvalue weighted by atomic mass is 35.6. The molecule has 5 heavy (non-hydrogen) atoms. The summed E-state index contributed by atoms with van der Waals surface area (Å²) in [6, 6.07) is 0. The summed E-state index contributed by atoms with van der Waals surface area (Å²) in [5.41, 5.74) is 4.50. The van der Waals surface area contributed by atoms with Gasteiger partial charge in [0.25, 0.3) is 0 Å². The van der Waals surface area contributed by atoms with Crippen molar-refractivity contribution in [2.75, 3.05) is 0 Å². The Labute approximate surface area is 44.2 Å². The molecule has 0 fully saturated rings. The molecule has 0 saturated carbocycles. The molecule has 0 rings (SSSR count). The SMILES string of the molecule is Cl.N=O.[SiH3]Cl. The predicted molar refractivity (Wildman–Crippen MR) is 29.1 cm³/mol. The van der Waals surface area contributed by atoms with Crippen LogP contribution in [0.1, 0.15) is 0 Å². The summed E-state index contributed by atoms with van der Waals surface area (Å²) in [4.78, 5) is 7.50. The van der Waals surface area contributed by atoms with Crippen LogP contribution in [0.3, 0.4) is 0 Å². The van der Waals surface area contributed by atoms with Crippen LogP contribution in [-0.4, -0.2) is 9.55 Å². The molecule has 0 aliphatic heterocycles. The van der Waals surface area contributed by atoms with Crippen LogP contribution in [0.2, 0.25) is 0 Å². The molecule has 0 radical (unpaired) electrons. The number of nitroso groups, excluding NO2 is 1. The molecule has 1 N–H and O–H groups in total. The minimum absolute atomic E-state index is 0. The van der Waals surface area contributed by atoms with E-state index in [1.807, 2.05) is 0 Å². The second kappa shape index (κ2) is 322. The van der Waals surface area contributed by atoms with E-state index >= 15 is 0 Å². The molecule has 0 amide bonds. The molecule has 2 nitrogen and oxygen atoms in total. The molecule has 0 atom stereocenters. The molecule has 34 valence electrons. The lowest BCUT2D eigenvalue weighted by molar-refractivity contribution is 1.49. The maximum Gasteiger partial charge on any atom is 0.109 e. The van der Waals surface area contributed by atoms with Gasteiger partial charge in [0.05, 0.1) is 0 Å². The van der Waals surface area contributed by atoms with Crippen LogP contribution in [0.5, 0.6) is 0 Å². The molecule has 0 aliphatic carbocycles. The van der Waals surface area contributed by atoms with Gasteiger partial charge in [-0.15, -0.1) is 12.4 Å². The molecule has 0 aliphatic rings. The van der Waals surface area contributed by atoms with Crippen molar-refractivity contribution in [3.63, 3.8) is 0 Å². The van der Waals surface area contributed by atoms with E-state index in [2.05, 4.69) is 5.59 Å². The average molecular weight is 134 g/mol. The van der Waals surface area contributed by atoms with E-state index in [1.54, 1.807) is 0 Å². The van der Waals surface area contributed by atoms with Crippen molar-refractivity contribution in [2.24, 2.45) is 0 Å². The lowest BCUT2D eigenvalue weighted by atomic mass is 13.8. The zero-order chi connectivity index (χ0) is 4.00. The maximum absolute atomic E-state index is 7.50. The smallest absolute Gasteiger partial charge is 0.109 e. The summed E-state index contributed by atoms with van der Waals surface area (Å²) >= 11 is 4.78. The number of halogens is 2. The van der Waals surface area contributed by atoms with Crippen molar-refractivity contribution in [3.8, 4) is 0 Å². The first-order valence-corrected chi connectivity index (χ1v) is 3.61. The summed E-state index contributed by atoms with van der Waals surface area (Å²) in [5, 5.41) is 0. The Morgan fingerprint density at radius 2 is 1.40 bits per heavy atom. The Bertz CT molecular complexity index is 9.61. The van der Waals surface area contributed by atoms with Crippen LogP contribution >= 0.6 is 23.5 Å². The molecule has 0 aromatic carbocycles. The predicted octanol–water partition coefficient (Wildman–Crippen LogP) is 0.259. The molecule has 0 heterocycles. The van der Waals surface area contributed by atoms with Gasteiger partial charge in [0.15, 0.2) is 0 Å². The molecular weight excluding hydrogens is 129 g/mol. The quantitative estimate of drug-likeness (QED) is 0.288. The summed E-state index contributed by atoms with van der Waals surface area (Å²) in [5.74, 6) is 0. The molecule has 0 aromatic rings. The normalized spacial score (nSPS) is 2.60. The largest absolute Gasteiger partial charge is 0.181 e. The summed E-state index contributed by atoms with van der Waals surface area (Å²) in [7, 11) is 0.778. The van der Waals surface area contributed by atoms with Crippen molar-refractivity contribution in [2.45, 2.75) is 0 Å². The number of hydrogen-bond donors (Lipinski definition) is 1. The third kappa shape index (κ3) is 160. The fourth-order valence-electron chi connectivity index (χ4n) is 0. The van der Waals surface area contributed by atoms with Gasteiger partial charge in [-0.05, 0) is 0 Å². The minimum atomic E-state index is 0. The van der Waals surface area contributed by atoms with Gasteiger partial charge < -0.3 is 0 Å². The van der Waals surface area contributed by atoms with Crippen LogP contribution < -0.4 is 0 Å². The first kappa shape index (κ1) is 18.2. The van der Waals surface area contributed by atoms with Crippen molar-refractivity contribution in [1.29, 1.82) is 5.59 Å². The van der Waals surface area contributed by atoms with E-state index in [4.69, 9.17) is 16.0 Å². The van der Waals surface area contributed by atoms with Gasteiger partial charge in [-0.2, -0.15) is 16.0 Å². The summed E-state index contributed by atoms with van der Waals surface area (Å²) < 4.78 is 0. The van der Waals surface area contributed by atoms with E-state index in [0.29, 0.717) is 0 Å². The lowest BCUT2D eigenvalue weighted by Crippen LogP contribution is -0.980. The highest BCUT2D eigenvalue weighted by molar-refractivity contribution is 6.80. The Morgan fingerprint density at radius 3 is 1.40 bits per heavy atom. The Morgan fingerprint density at radius 1 is 1.40 bits per heavy atom. The molecule has 0 aromatic heterocycles. The third-order valence-electron chi connectivity index (χ3n) is 0. The lowest BCUT2D eigenvalue weighted by Gasteiger charge is -1.05. The zero-order valence-electron chi connectivity index (χ0n) is 2.69. The van der Waals surface area contributed by atoms with Crippen molar-refractivity contribution < 1.29 is 0 Å². The summed E-state index contributed by atoms with van der Waals surface area (Å²) in [6.45, 7) is 0. The topological polar surface area (TPSA) is 40.9 Å². The number of rotatable bonds is 0. The Hall–Kier alpha value is 0.397. The van der Waals surface area contributed by atoms with Crippen LogP contribution in [0.4, 0.5) is 0 Å². The molecule has 0 unspecified atom stereocenters. The second-order valence-corrected chi connectivity index (χ2v) is 0. The monoisotopic (exact) mass is 133 g/mol. The maximum atomic E-state index is 7.50. The van der Waals surface area contributed by atoms with E-state index in [1.165, 1.54) is 0 Å². The molecule has 0 saturated heterocycles. The van der Waals surface area contributed by atoms with Crippen molar-refractivity contribution >= 4 is 33.0 Å². The van der Waals surface area contributed by atoms with Gasteiger partial charge in [0.1, 0.15) is 9.55 Å². The first-order chi connectivity index (χ1) is 2.00. The fraction of sp³-hybridized carbons (Fsp3) is 0. The van der Waals surface area contributed by atoms with Gasteiger partial charge in [-0.1, -0.05) is 5.59 Å². The fourth-order valence-corrected chi connectivity index (χ4v) is 0. The Kier molecular flexibility index (Phi) is 1170. The van der Waals surface area contributed by atoms with Crippen LogP contribution in [0.25, 0.3) is 0 Å². The van der Waals surface area contributed by atoms with Gasteiger partial charge in [-0.25, -0.2) is 0 Å². The minimum Gasteiger partial charge on any atom is -0.181 e. The van der Waals surface area contributed by atoms with Crippen LogP contribution in [0.15, 0.2) is 0 Å². The van der Waals surface area contributed by atoms with Crippen LogP contribution in [0, 0.1) is 10.5 Å². The van der Waals surface area contributed by atoms with Gasteiger partial charge in [-0.3, -0.25) is 0 Å². The first-order valence-electron chi connectivity index (χ1n) is 0.582. The van der Waals surface area contributed by atoms with E-state index in [-0.39, 0.29) is 12.4 Å². The van der Waals surface area contributed by atoms with E-state index in [9.17, 15) is 0 Å². The molecule has 0 spiro atoms. The van der Waals surface area contributed by atoms with Gasteiger partial charge in [0.2, 0.25) is 0 Å². The van der Waals surface area contributed by atoms with E-state index in [0.717, 1.165) is 9.55 Å². The number of nitrogens with one attached hydrogen (secondary N) is 1. The average Bonchev–Trinajstić information content (AvgIpc) is 1.50.